The van der Waals surface area contributed by atoms with Crippen molar-refractivity contribution in [3.05, 3.63) is 53.1 Å². The maximum Gasteiger partial charge on any atom is 0.150 e. The largest absolute Gasteiger partial charge is 0.298 e. The molecule has 22 heavy (non-hydrogen) atoms. The van der Waals surface area contributed by atoms with Crippen LogP contribution in [0.25, 0.3) is 5.57 Å². The monoisotopic (exact) mass is 315 g/mol. The third kappa shape index (κ3) is 5.91. The molecule has 118 valence electrons. The normalized spacial score (nSPS) is 15.7. The number of nitriles is 1. The maximum absolute atomic E-state index is 11.0. The summed E-state index contributed by atoms with van der Waals surface area (Å²) in [5.74, 6) is 0.905. The van der Waals surface area contributed by atoms with Crippen LogP contribution in [0.1, 0.15) is 50.0 Å². The zero-order valence-electron chi connectivity index (χ0n) is 13.8. The first-order valence-corrected chi connectivity index (χ1v) is 8.24. The van der Waals surface area contributed by atoms with E-state index in [0.29, 0.717) is 5.56 Å². The number of allylic oxidation sites excluding steroid dienone is 4. The summed E-state index contributed by atoms with van der Waals surface area (Å²) >= 11 is 3.79. The number of carbonyl (C=O) groups excluding carboxylic acids is 1. The van der Waals surface area contributed by atoms with E-state index in [-0.39, 0.29) is 5.92 Å². The summed E-state index contributed by atoms with van der Waals surface area (Å²) < 4.78 is 0. The molecule has 0 N–H and O–H groups in total. The van der Waals surface area contributed by atoms with Crippen molar-refractivity contribution in [3.8, 4) is 6.07 Å². The Morgan fingerprint density at radius 3 is 2.45 bits per heavy atom. The number of carbonyl (C=O) groups is 1. The predicted molar refractivity (Wildman–Crippen MR) is 98.2 cm³/mol. The number of hydrogen-bond donors (Lipinski definition) is 1. The number of rotatable bonds is 2. The van der Waals surface area contributed by atoms with Crippen molar-refractivity contribution in [3.63, 3.8) is 0 Å². The lowest BCUT2D eigenvalue weighted by molar-refractivity contribution is 0.112. The van der Waals surface area contributed by atoms with E-state index in [4.69, 9.17) is 5.26 Å². The molecule has 1 aliphatic rings. The van der Waals surface area contributed by atoms with Gasteiger partial charge in [0.1, 0.15) is 0 Å². The maximum atomic E-state index is 11.0. The lowest BCUT2D eigenvalue weighted by atomic mass is 9.86. The van der Waals surface area contributed by atoms with Gasteiger partial charge in [-0.15, -0.1) is 0 Å². The summed E-state index contributed by atoms with van der Waals surface area (Å²) in [4.78, 5) is 11.0. The molecule has 1 aromatic rings. The SMILES string of the molecule is CC.CC1=C(c2ccccc2C=O)C=CC(C#N)C1.CCS. The van der Waals surface area contributed by atoms with Gasteiger partial charge < -0.3 is 0 Å². The molecule has 0 saturated carbocycles. The van der Waals surface area contributed by atoms with Gasteiger partial charge in [0.05, 0.1) is 12.0 Å². The standard InChI is InChI=1S/C15H13NO.C2H6S.C2H6/c1-11-8-12(9-16)6-7-14(11)15-5-3-2-4-13(15)10-17;1-2-3;1-2/h2-7,10,12H,8H2,1H3;3H,2H2,1H3;1-2H3. The molecule has 1 aliphatic carbocycles. The van der Waals surface area contributed by atoms with Gasteiger partial charge in [-0.3, -0.25) is 4.79 Å². The molecular formula is C19H25NOS. The van der Waals surface area contributed by atoms with Gasteiger partial charge in [-0.1, -0.05) is 62.8 Å². The van der Waals surface area contributed by atoms with Crippen LogP contribution < -0.4 is 0 Å². The van der Waals surface area contributed by atoms with E-state index >= 15 is 0 Å². The van der Waals surface area contributed by atoms with E-state index in [9.17, 15) is 4.79 Å². The fourth-order valence-corrected chi connectivity index (χ4v) is 2.12. The average Bonchev–Trinajstić information content (AvgIpc) is 2.57. The second-order valence-corrected chi connectivity index (χ2v) is 5.15. The van der Waals surface area contributed by atoms with E-state index in [0.717, 1.165) is 35.2 Å². The van der Waals surface area contributed by atoms with Crippen LogP contribution >= 0.6 is 12.6 Å². The zero-order chi connectivity index (χ0) is 17.0. The van der Waals surface area contributed by atoms with Gasteiger partial charge >= 0.3 is 0 Å². The van der Waals surface area contributed by atoms with E-state index in [1.54, 1.807) is 0 Å². The van der Waals surface area contributed by atoms with Crippen molar-refractivity contribution in [1.82, 2.24) is 0 Å². The second-order valence-electron chi connectivity index (χ2n) is 4.51. The molecule has 2 nitrogen and oxygen atoms in total. The molecule has 1 atom stereocenters. The molecule has 0 saturated heterocycles. The summed E-state index contributed by atoms with van der Waals surface area (Å²) in [5, 5.41) is 8.89. The van der Waals surface area contributed by atoms with Crippen LogP contribution in [0.3, 0.4) is 0 Å². The highest BCUT2D eigenvalue weighted by Crippen LogP contribution is 2.31. The first kappa shape index (κ1) is 20.2. The van der Waals surface area contributed by atoms with Gasteiger partial charge in [0.15, 0.2) is 6.29 Å². The summed E-state index contributed by atoms with van der Waals surface area (Å²) in [6.07, 6.45) is 5.48. The van der Waals surface area contributed by atoms with Crippen molar-refractivity contribution in [1.29, 1.82) is 5.26 Å². The Labute approximate surface area is 140 Å². The Morgan fingerprint density at radius 2 is 1.95 bits per heavy atom. The van der Waals surface area contributed by atoms with Gasteiger partial charge in [-0.25, -0.2) is 0 Å². The molecule has 0 fully saturated rings. The smallest absolute Gasteiger partial charge is 0.150 e. The lowest BCUT2D eigenvalue weighted by Gasteiger charge is -2.17. The van der Waals surface area contributed by atoms with Gasteiger partial charge in [0.2, 0.25) is 0 Å². The molecule has 0 heterocycles. The predicted octanol–water partition coefficient (Wildman–Crippen LogP) is 5.33. The highest BCUT2D eigenvalue weighted by Gasteiger charge is 2.15. The summed E-state index contributed by atoms with van der Waals surface area (Å²) in [7, 11) is 0. The van der Waals surface area contributed by atoms with Crippen LogP contribution in [0.5, 0.6) is 0 Å². The Morgan fingerprint density at radius 1 is 1.36 bits per heavy atom. The molecule has 0 aromatic heterocycles. The van der Waals surface area contributed by atoms with Gasteiger partial charge in [0, 0.05) is 5.56 Å². The van der Waals surface area contributed by atoms with Crippen LogP contribution in [-0.4, -0.2) is 12.0 Å². The number of thiol groups is 1. The number of aldehydes is 1. The van der Waals surface area contributed by atoms with E-state index in [1.807, 2.05) is 64.1 Å². The molecule has 0 radical (unpaired) electrons. The Balaban J connectivity index is 0.000000789. The fraction of sp³-hybridized carbons (Fsp3) is 0.368. The molecule has 0 amide bonds. The molecule has 3 heteroatoms. The average molecular weight is 315 g/mol. The zero-order valence-corrected chi connectivity index (χ0v) is 14.7. The third-order valence-electron chi connectivity index (χ3n) is 3.02. The van der Waals surface area contributed by atoms with Crippen LogP contribution in [-0.2, 0) is 0 Å². The molecular weight excluding hydrogens is 290 g/mol. The van der Waals surface area contributed by atoms with E-state index in [2.05, 4.69) is 18.7 Å². The number of nitrogens with zero attached hydrogens (tertiary/aromatic N) is 1. The van der Waals surface area contributed by atoms with Crippen molar-refractivity contribution >= 4 is 24.5 Å². The number of benzene rings is 1. The number of hydrogen-bond acceptors (Lipinski definition) is 3. The summed E-state index contributed by atoms with van der Waals surface area (Å²) in [6, 6.07) is 9.78. The molecule has 1 unspecified atom stereocenters. The summed E-state index contributed by atoms with van der Waals surface area (Å²) in [5.41, 5.74) is 3.88. The Bertz CT molecular complexity index is 567. The van der Waals surface area contributed by atoms with Gasteiger partial charge in [-0.2, -0.15) is 17.9 Å². The highest BCUT2D eigenvalue weighted by atomic mass is 32.1. The van der Waals surface area contributed by atoms with Crippen LogP contribution in [0, 0.1) is 17.2 Å². The summed E-state index contributed by atoms with van der Waals surface area (Å²) in [6.45, 7) is 8.01. The topological polar surface area (TPSA) is 40.9 Å². The fourth-order valence-electron chi connectivity index (χ4n) is 2.12. The minimum atomic E-state index is -0.0397. The van der Waals surface area contributed by atoms with Gasteiger partial charge in [0.25, 0.3) is 0 Å². The van der Waals surface area contributed by atoms with Crippen molar-refractivity contribution in [2.45, 2.75) is 34.1 Å². The van der Waals surface area contributed by atoms with Crippen LogP contribution in [0.2, 0.25) is 0 Å². The minimum absolute atomic E-state index is 0.0397. The van der Waals surface area contributed by atoms with E-state index in [1.165, 1.54) is 0 Å². The highest BCUT2D eigenvalue weighted by molar-refractivity contribution is 7.80. The lowest BCUT2D eigenvalue weighted by Crippen LogP contribution is -2.02. The quantitative estimate of drug-likeness (QED) is 0.591. The van der Waals surface area contributed by atoms with Crippen molar-refractivity contribution in [2.75, 3.05) is 5.75 Å². The first-order chi connectivity index (χ1) is 10.7. The van der Waals surface area contributed by atoms with Crippen molar-refractivity contribution < 1.29 is 4.79 Å². The van der Waals surface area contributed by atoms with E-state index < -0.39 is 0 Å². The van der Waals surface area contributed by atoms with Crippen LogP contribution in [0.15, 0.2) is 42.0 Å². The third-order valence-corrected chi connectivity index (χ3v) is 3.02. The Kier molecular flexibility index (Phi) is 10.9. The molecule has 0 spiro atoms. The molecule has 0 bridgehead atoms. The van der Waals surface area contributed by atoms with Gasteiger partial charge in [-0.05, 0) is 30.2 Å². The molecule has 2 rings (SSSR count). The first-order valence-electron chi connectivity index (χ1n) is 7.60. The van der Waals surface area contributed by atoms with Crippen LogP contribution in [0.4, 0.5) is 0 Å². The minimum Gasteiger partial charge on any atom is -0.298 e. The molecule has 0 aliphatic heterocycles. The van der Waals surface area contributed by atoms with Crippen molar-refractivity contribution in [2.24, 2.45) is 5.92 Å². The molecule has 1 aromatic carbocycles. The Hall–Kier alpha value is -1.79. The second kappa shape index (κ2) is 11.8.